The Morgan fingerprint density at radius 2 is 2.12 bits per heavy atom. The predicted molar refractivity (Wildman–Crippen MR) is 62.9 cm³/mol. The molecule has 5 heteroatoms. The summed E-state index contributed by atoms with van der Waals surface area (Å²) in [5, 5.41) is 2.92. The molecule has 4 nitrogen and oxygen atoms in total. The Kier molecular flexibility index (Phi) is 3.59. The van der Waals surface area contributed by atoms with Crippen molar-refractivity contribution in [2.45, 2.75) is 19.9 Å². The van der Waals surface area contributed by atoms with E-state index in [9.17, 15) is 4.39 Å². The largest absolute Gasteiger partial charge is 0.362 e. The second-order valence-electron chi connectivity index (χ2n) is 3.51. The van der Waals surface area contributed by atoms with E-state index in [1.54, 1.807) is 6.20 Å². The zero-order valence-corrected chi connectivity index (χ0v) is 9.52. The van der Waals surface area contributed by atoms with Crippen molar-refractivity contribution in [3.8, 4) is 0 Å². The Hall–Kier alpha value is -2.04. The van der Waals surface area contributed by atoms with Crippen LogP contribution in [0.2, 0.25) is 0 Å². The van der Waals surface area contributed by atoms with E-state index < -0.39 is 0 Å². The molecule has 0 aromatic carbocycles. The van der Waals surface area contributed by atoms with E-state index >= 15 is 0 Å². The van der Waals surface area contributed by atoms with Gasteiger partial charge in [-0.05, 0) is 18.6 Å². The average Bonchev–Trinajstić information content (AvgIpc) is 2.39. The van der Waals surface area contributed by atoms with Crippen LogP contribution in [-0.4, -0.2) is 15.0 Å². The summed E-state index contributed by atoms with van der Waals surface area (Å²) in [5.74, 6) is -0.159. The van der Waals surface area contributed by atoms with Crippen LogP contribution in [0.3, 0.4) is 0 Å². The summed E-state index contributed by atoms with van der Waals surface area (Å²) < 4.78 is 13.8. The molecule has 0 unspecified atom stereocenters. The van der Waals surface area contributed by atoms with Crippen molar-refractivity contribution in [3.05, 3.63) is 47.9 Å². The monoisotopic (exact) mass is 232 g/mol. The summed E-state index contributed by atoms with van der Waals surface area (Å²) in [7, 11) is 0. The lowest BCUT2D eigenvalue weighted by Gasteiger charge is -2.07. The number of aromatic nitrogens is 3. The number of hydrogen-bond donors (Lipinski definition) is 1. The van der Waals surface area contributed by atoms with Crippen molar-refractivity contribution in [1.29, 1.82) is 0 Å². The fourth-order valence-electron chi connectivity index (χ4n) is 1.45. The van der Waals surface area contributed by atoms with E-state index in [-0.39, 0.29) is 11.6 Å². The molecule has 2 aromatic rings. The highest BCUT2D eigenvalue weighted by Crippen LogP contribution is 2.13. The quantitative estimate of drug-likeness (QED) is 0.877. The molecule has 2 heterocycles. The molecule has 2 aromatic heterocycles. The third-order valence-corrected chi connectivity index (χ3v) is 2.36. The third kappa shape index (κ3) is 2.75. The van der Waals surface area contributed by atoms with Gasteiger partial charge in [0.2, 0.25) is 0 Å². The number of halogens is 1. The fourth-order valence-corrected chi connectivity index (χ4v) is 1.45. The molecule has 0 bridgehead atoms. The van der Waals surface area contributed by atoms with Gasteiger partial charge in [-0.25, -0.2) is 14.4 Å². The van der Waals surface area contributed by atoms with Gasteiger partial charge in [0.1, 0.15) is 6.33 Å². The van der Waals surface area contributed by atoms with Gasteiger partial charge in [-0.15, -0.1) is 0 Å². The van der Waals surface area contributed by atoms with Gasteiger partial charge in [-0.3, -0.25) is 4.98 Å². The fraction of sp³-hybridized carbons (Fsp3) is 0.250. The topological polar surface area (TPSA) is 50.7 Å². The van der Waals surface area contributed by atoms with E-state index in [0.29, 0.717) is 18.7 Å². The summed E-state index contributed by atoms with van der Waals surface area (Å²) in [6, 6.07) is 5.59. The van der Waals surface area contributed by atoms with Crippen molar-refractivity contribution in [1.82, 2.24) is 15.0 Å². The maximum absolute atomic E-state index is 13.8. The molecule has 0 amide bonds. The number of aryl methyl sites for hydroxylation is 1. The van der Waals surface area contributed by atoms with Gasteiger partial charge < -0.3 is 5.32 Å². The molecule has 0 fully saturated rings. The molecule has 0 saturated carbocycles. The van der Waals surface area contributed by atoms with E-state index in [1.807, 2.05) is 25.1 Å². The Balaban J connectivity index is 2.09. The lowest BCUT2D eigenvalue weighted by Crippen LogP contribution is -2.07. The molecule has 0 aliphatic rings. The van der Waals surface area contributed by atoms with Crippen LogP contribution in [0.5, 0.6) is 0 Å². The number of nitrogens with zero attached hydrogens (tertiary/aromatic N) is 3. The first-order chi connectivity index (χ1) is 8.31. The van der Waals surface area contributed by atoms with Gasteiger partial charge in [0.05, 0.1) is 17.9 Å². The van der Waals surface area contributed by atoms with Crippen molar-refractivity contribution < 1.29 is 4.39 Å². The highest BCUT2D eigenvalue weighted by Gasteiger charge is 2.08. The predicted octanol–water partition coefficient (Wildman–Crippen LogP) is 2.19. The SMILES string of the molecule is CCc1ncnc(NCc2ccccn2)c1F. The third-order valence-electron chi connectivity index (χ3n) is 2.36. The molecule has 0 radical (unpaired) electrons. The lowest BCUT2D eigenvalue weighted by molar-refractivity contribution is 0.596. The summed E-state index contributed by atoms with van der Waals surface area (Å²) in [6.45, 7) is 2.30. The van der Waals surface area contributed by atoms with E-state index in [4.69, 9.17) is 0 Å². The van der Waals surface area contributed by atoms with Crippen LogP contribution >= 0.6 is 0 Å². The van der Waals surface area contributed by atoms with Crippen LogP contribution in [-0.2, 0) is 13.0 Å². The van der Waals surface area contributed by atoms with Crippen molar-refractivity contribution >= 4 is 5.82 Å². The minimum Gasteiger partial charge on any atom is -0.362 e. The summed E-state index contributed by atoms with van der Waals surface area (Å²) >= 11 is 0. The minimum atomic E-state index is -0.383. The highest BCUT2D eigenvalue weighted by molar-refractivity contribution is 5.37. The van der Waals surface area contributed by atoms with E-state index in [0.717, 1.165) is 5.69 Å². The first-order valence-corrected chi connectivity index (χ1v) is 5.44. The van der Waals surface area contributed by atoms with Crippen LogP contribution in [0.25, 0.3) is 0 Å². The number of nitrogens with one attached hydrogen (secondary N) is 1. The number of hydrogen-bond acceptors (Lipinski definition) is 4. The van der Waals surface area contributed by atoms with Gasteiger partial charge in [-0.2, -0.15) is 0 Å². The van der Waals surface area contributed by atoms with Gasteiger partial charge >= 0.3 is 0 Å². The number of anilines is 1. The maximum atomic E-state index is 13.8. The first-order valence-electron chi connectivity index (χ1n) is 5.44. The van der Waals surface area contributed by atoms with Gasteiger partial charge in [0, 0.05) is 6.20 Å². The van der Waals surface area contributed by atoms with E-state index in [2.05, 4.69) is 20.3 Å². The van der Waals surface area contributed by atoms with E-state index in [1.165, 1.54) is 6.33 Å². The molecule has 88 valence electrons. The molecular weight excluding hydrogens is 219 g/mol. The normalized spacial score (nSPS) is 10.2. The Morgan fingerprint density at radius 3 is 2.82 bits per heavy atom. The minimum absolute atomic E-state index is 0.225. The Bertz CT molecular complexity index is 487. The summed E-state index contributed by atoms with van der Waals surface area (Å²) in [5.41, 5.74) is 1.26. The Labute approximate surface area is 99.0 Å². The molecule has 0 aliphatic heterocycles. The molecular formula is C12H13FN4. The van der Waals surface area contributed by atoms with Crippen molar-refractivity contribution in [2.24, 2.45) is 0 Å². The van der Waals surface area contributed by atoms with Gasteiger partial charge in [0.15, 0.2) is 11.6 Å². The van der Waals surface area contributed by atoms with Crippen LogP contribution in [0, 0.1) is 5.82 Å². The number of pyridine rings is 1. The molecule has 0 atom stereocenters. The van der Waals surface area contributed by atoms with Crippen LogP contribution in [0.15, 0.2) is 30.7 Å². The molecule has 0 spiro atoms. The average molecular weight is 232 g/mol. The zero-order valence-electron chi connectivity index (χ0n) is 9.52. The van der Waals surface area contributed by atoms with Crippen molar-refractivity contribution in [3.63, 3.8) is 0 Å². The molecule has 17 heavy (non-hydrogen) atoms. The molecule has 0 saturated heterocycles. The van der Waals surface area contributed by atoms with Crippen LogP contribution < -0.4 is 5.32 Å². The second-order valence-corrected chi connectivity index (χ2v) is 3.51. The molecule has 0 aliphatic carbocycles. The standard InChI is InChI=1S/C12H13FN4/c1-2-10-11(13)12(17-8-16-10)15-7-9-5-3-4-6-14-9/h3-6,8H,2,7H2,1H3,(H,15,16,17). The maximum Gasteiger partial charge on any atom is 0.186 e. The zero-order chi connectivity index (χ0) is 12.1. The highest BCUT2D eigenvalue weighted by atomic mass is 19.1. The molecule has 2 rings (SSSR count). The van der Waals surface area contributed by atoms with Crippen LogP contribution in [0.1, 0.15) is 18.3 Å². The van der Waals surface area contributed by atoms with Gasteiger partial charge in [-0.1, -0.05) is 13.0 Å². The van der Waals surface area contributed by atoms with Gasteiger partial charge in [0.25, 0.3) is 0 Å². The molecule has 1 N–H and O–H groups in total. The lowest BCUT2D eigenvalue weighted by atomic mass is 10.3. The smallest absolute Gasteiger partial charge is 0.186 e. The summed E-state index contributed by atoms with van der Waals surface area (Å²) in [4.78, 5) is 11.9. The summed E-state index contributed by atoms with van der Waals surface area (Å²) in [6.07, 6.45) is 3.61. The van der Waals surface area contributed by atoms with Crippen LogP contribution in [0.4, 0.5) is 10.2 Å². The number of rotatable bonds is 4. The van der Waals surface area contributed by atoms with Crippen molar-refractivity contribution in [2.75, 3.05) is 5.32 Å². The second kappa shape index (κ2) is 5.34. The Morgan fingerprint density at radius 1 is 1.24 bits per heavy atom. The first kappa shape index (κ1) is 11.4.